The lowest BCUT2D eigenvalue weighted by molar-refractivity contribution is 0.0950. The van der Waals surface area contributed by atoms with Crippen LogP contribution in [0.4, 0.5) is 5.69 Å². The molecule has 0 atom stereocenters. The van der Waals surface area contributed by atoms with Crippen LogP contribution in [-0.4, -0.2) is 48.5 Å². The third-order valence-corrected chi connectivity index (χ3v) is 4.47. The highest BCUT2D eigenvalue weighted by molar-refractivity contribution is 5.94. The van der Waals surface area contributed by atoms with Crippen LogP contribution in [0.25, 0.3) is 0 Å². The fourth-order valence-electron chi connectivity index (χ4n) is 2.93. The van der Waals surface area contributed by atoms with E-state index < -0.39 is 0 Å². The molecule has 1 amide bonds. The van der Waals surface area contributed by atoms with E-state index in [0.29, 0.717) is 12.1 Å². The molecule has 1 aromatic heterocycles. The lowest BCUT2D eigenvalue weighted by atomic mass is 10.2. The van der Waals surface area contributed by atoms with Gasteiger partial charge in [-0.1, -0.05) is 37.3 Å². The summed E-state index contributed by atoms with van der Waals surface area (Å²) in [5, 5.41) is 2.96. The van der Waals surface area contributed by atoms with E-state index in [4.69, 9.17) is 0 Å². The van der Waals surface area contributed by atoms with E-state index in [9.17, 15) is 4.79 Å². The zero-order chi connectivity index (χ0) is 16.8. The molecule has 5 nitrogen and oxygen atoms in total. The van der Waals surface area contributed by atoms with Gasteiger partial charge in [0.05, 0.1) is 17.4 Å². The Balaban J connectivity index is 1.61. The second-order valence-electron chi connectivity index (χ2n) is 6.02. The molecule has 2 aromatic rings. The fraction of sp³-hybridized carbons (Fsp3) is 0.368. The minimum Gasteiger partial charge on any atom is -0.368 e. The number of amides is 1. The molecule has 1 aromatic carbocycles. The smallest absolute Gasteiger partial charge is 0.253 e. The van der Waals surface area contributed by atoms with Crippen LogP contribution in [0.15, 0.2) is 48.8 Å². The standard InChI is InChI=1S/C19H24N4O/c1-2-22-8-10-23(11-9-22)18-12-17(14-20-15-18)19(24)21-13-16-6-4-3-5-7-16/h3-7,12,14-15H,2,8-11,13H2,1H3,(H,21,24). The van der Waals surface area contributed by atoms with Crippen molar-refractivity contribution >= 4 is 11.6 Å². The number of rotatable bonds is 5. The van der Waals surface area contributed by atoms with Gasteiger partial charge in [-0.25, -0.2) is 0 Å². The van der Waals surface area contributed by atoms with E-state index >= 15 is 0 Å². The first-order valence-electron chi connectivity index (χ1n) is 8.50. The summed E-state index contributed by atoms with van der Waals surface area (Å²) in [7, 11) is 0. The summed E-state index contributed by atoms with van der Waals surface area (Å²) in [5.74, 6) is -0.0830. The van der Waals surface area contributed by atoms with E-state index in [1.807, 2.05) is 42.6 Å². The van der Waals surface area contributed by atoms with Crippen LogP contribution in [0.1, 0.15) is 22.8 Å². The first kappa shape index (κ1) is 16.5. The van der Waals surface area contributed by atoms with Crippen molar-refractivity contribution in [1.29, 1.82) is 0 Å². The van der Waals surface area contributed by atoms with Gasteiger partial charge in [0.1, 0.15) is 0 Å². The summed E-state index contributed by atoms with van der Waals surface area (Å²) in [6.07, 6.45) is 3.47. The number of nitrogens with zero attached hydrogens (tertiary/aromatic N) is 3. The number of anilines is 1. The SMILES string of the molecule is CCN1CCN(c2cncc(C(=O)NCc3ccccc3)c2)CC1. The minimum atomic E-state index is -0.0830. The Morgan fingerprint density at radius 1 is 1.12 bits per heavy atom. The lowest BCUT2D eigenvalue weighted by Gasteiger charge is -2.35. The molecule has 0 spiro atoms. The average Bonchev–Trinajstić information content (AvgIpc) is 2.67. The van der Waals surface area contributed by atoms with Crippen molar-refractivity contribution < 1.29 is 4.79 Å². The van der Waals surface area contributed by atoms with Gasteiger partial charge in [-0.05, 0) is 18.2 Å². The molecule has 2 heterocycles. The number of aromatic nitrogens is 1. The number of hydrogen-bond donors (Lipinski definition) is 1. The van der Waals surface area contributed by atoms with Gasteiger partial charge in [0, 0.05) is 38.9 Å². The van der Waals surface area contributed by atoms with Crippen LogP contribution >= 0.6 is 0 Å². The van der Waals surface area contributed by atoms with Crippen molar-refractivity contribution in [3.05, 3.63) is 59.9 Å². The maximum Gasteiger partial charge on any atom is 0.253 e. The summed E-state index contributed by atoms with van der Waals surface area (Å²) in [6.45, 7) is 7.87. The first-order valence-corrected chi connectivity index (χ1v) is 8.50. The summed E-state index contributed by atoms with van der Waals surface area (Å²) in [5.41, 5.74) is 2.73. The number of hydrogen-bond acceptors (Lipinski definition) is 4. The van der Waals surface area contributed by atoms with E-state index in [1.54, 1.807) is 6.20 Å². The zero-order valence-corrected chi connectivity index (χ0v) is 14.1. The predicted octanol–water partition coefficient (Wildman–Crippen LogP) is 2.15. The number of pyridine rings is 1. The molecule has 0 bridgehead atoms. The highest BCUT2D eigenvalue weighted by Gasteiger charge is 2.17. The highest BCUT2D eigenvalue weighted by atomic mass is 16.1. The number of nitrogens with one attached hydrogen (secondary N) is 1. The van der Waals surface area contributed by atoms with E-state index in [2.05, 4.69) is 27.0 Å². The molecule has 3 rings (SSSR count). The van der Waals surface area contributed by atoms with Crippen molar-refractivity contribution in [3.8, 4) is 0 Å². The molecule has 1 fully saturated rings. The van der Waals surface area contributed by atoms with Gasteiger partial charge in [-0.15, -0.1) is 0 Å². The number of likely N-dealkylation sites (N-methyl/N-ethyl adjacent to an activating group) is 1. The van der Waals surface area contributed by atoms with E-state index in [1.165, 1.54) is 0 Å². The molecule has 126 valence electrons. The Kier molecular flexibility index (Phi) is 5.43. The van der Waals surface area contributed by atoms with E-state index in [0.717, 1.165) is 44.0 Å². The molecule has 1 saturated heterocycles. The van der Waals surface area contributed by atoms with Crippen molar-refractivity contribution in [2.45, 2.75) is 13.5 Å². The number of carbonyl (C=O) groups excluding carboxylic acids is 1. The second-order valence-corrected chi connectivity index (χ2v) is 6.02. The molecule has 0 saturated carbocycles. The van der Waals surface area contributed by atoms with Crippen molar-refractivity contribution in [1.82, 2.24) is 15.2 Å². The van der Waals surface area contributed by atoms with Gasteiger partial charge in [0.15, 0.2) is 0 Å². The number of benzene rings is 1. The third-order valence-electron chi connectivity index (χ3n) is 4.47. The second kappa shape index (κ2) is 7.93. The Morgan fingerprint density at radius 3 is 2.58 bits per heavy atom. The molecule has 1 aliphatic rings. The van der Waals surface area contributed by atoms with Gasteiger partial charge in [0.2, 0.25) is 0 Å². The number of carbonyl (C=O) groups is 1. The monoisotopic (exact) mass is 324 g/mol. The van der Waals surface area contributed by atoms with Crippen LogP contribution in [0.5, 0.6) is 0 Å². The predicted molar refractivity (Wildman–Crippen MR) is 96.2 cm³/mol. The topological polar surface area (TPSA) is 48.5 Å². The van der Waals surface area contributed by atoms with Crippen LogP contribution in [-0.2, 0) is 6.54 Å². The Labute approximate surface area is 143 Å². The minimum absolute atomic E-state index is 0.0830. The van der Waals surface area contributed by atoms with Crippen LogP contribution in [0.2, 0.25) is 0 Å². The lowest BCUT2D eigenvalue weighted by Crippen LogP contribution is -2.46. The highest BCUT2D eigenvalue weighted by Crippen LogP contribution is 2.17. The number of piperazine rings is 1. The van der Waals surface area contributed by atoms with Gasteiger partial charge in [-0.3, -0.25) is 9.78 Å². The normalized spacial score (nSPS) is 15.3. The van der Waals surface area contributed by atoms with Crippen molar-refractivity contribution in [3.63, 3.8) is 0 Å². The van der Waals surface area contributed by atoms with Crippen LogP contribution in [0.3, 0.4) is 0 Å². The van der Waals surface area contributed by atoms with Gasteiger partial charge in [0.25, 0.3) is 5.91 Å². The van der Waals surface area contributed by atoms with Gasteiger partial charge < -0.3 is 15.1 Å². The zero-order valence-electron chi connectivity index (χ0n) is 14.1. The third kappa shape index (κ3) is 4.11. The summed E-state index contributed by atoms with van der Waals surface area (Å²) in [4.78, 5) is 21.4. The van der Waals surface area contributed by atoms with Crippen LogP contribution in [0, 0.1) is 0 Å². The largest absolute Gasteiger partial charge is 0.368 e. The van der Waals surface area contributed by atoms with Crippen molar-refractivity contribution in [2.24, 2.45) is 0 Å². The molecular weight excluding hydrogens is 300 g/mol. The molecule has 1 aliphatic heterocycles. The molecular formula is C19H24N4O. The molecule has 0 unspecified atom stereocenters. The maximum atomic E-state index is 12.4. The van der Waals surface area contributed by atoms with Crippen LogP contribution < -0.4 is 10.2 Å². The van der Waals surface area contributed by atoms with Gasteiger partial charge in [-0.2, -0.15) is 0 Å². The summed E-state index contributed by atoms with van der Waals surface area (Å²) < 4.78 is 0. The Morgan fingerprint density at radius 2 is 1.88 bits per heavy atom. The molecule has 0 aliphatic carbocycles. The summed E-state index contributed by atoms with van der Waals surface area (Å²) in [6, 6.07) is 11.9. The fourth-order valence-corrected chi connectivity index (χ4v) is 2.93. The van der Waals surface area contributed by atoms with Crippen molar-refractivity contribution in [2.75, 3.05) is 37.6 Å². The summed E-state index contributed by atoms with van der Waals surface area (Å²) >= 11 is 0. The Hall–Kier alpha value is -2.40. The molecule has 5 heteroatoms. The molecule has 0 radical (unpaired) electrons. The quantitative estimate of drug-likeness (QED) is 0.915. The average molecular weight is 324 g/mol. The molecule has 24 heavy (non-hydrogen) atoms. The maximum absolute atomic E-state index is 12.4. The van der Waals surface area contributed by atoms with Gasteiger partial charge >= 0.3 is 0 Å². The Bertz CT molecular complexity index is 666. The van der Waals surface area contributed by atoms with E-state index in [-0.39, 0.29) is 5.91 Å². The first-order chi connectivity index (χ1) is 11.8. The molecule has 1 N–H and O–H groups in total.